The van der Waals surface area contributed by atoms with E-state index in [4.69, 9.17) is 4.74 Å². The summed E-state index contributed by atoms with van der Waals surface area (Å²) in [7, 11) is 0. The number of hydrogen-bond acceptors (Lipinski definition) is 4. The Morgan fingerprint density at radius 2 is 1.81 bits per heavy atom. The Kier molecular flexibility index (Phi) is 8.47. The van der Waals surface area contributed by atoms with Crippen molar-refractivity contribution in [2.45, 2.75) is 60.0 Å². The van der Waals surface area contributed by atoms with Crippen LogP contribution in [0.15, 0.2) is 18.2 Å². The predicted octanol–water partition coefficient (Wildman–Crippen LogP) is 3.64. The second-order valence-corrected chi connectivity index (χ2v) is 7.74. The highest BCUT2D eigenvalue weighted by Crippen LogP contribution is 2.13. The molecule has 1 rings (SSSR count). The predicted molar refractivity (Wildman–Crippen MR) is 106 cm³/mol. The maximum Gasteiger partial charge on any atom is 0.407 e. The van der Waals surface area contributed by atoms with Crippen molar-refractivity contribution in [3.63, 3.8) is 0 Å². The van der Waals surface area contributed by atoms with Crippen molar-refractivity contribution in [1.29, 1.82) is 0 Å². The molecule has 6 nitrogen and oxygen atoms in total. The number of benzene rings is 1. The number of nitrogens with one attached hydrogen (secondary N) is 1. The summed E-state index contributed by atoms with van der Waals surface area (Å²) in [6.07, 6.45) is 0.533. The van der Waals surface area contributed by atoms with Crippen LogP contribution in [0.3, 0.4) is 0 Å². The van der Waals surface area contributed by atoms with E-state index < -0.39 is 11.7 Å². The third-order valence-corrected chi connectivity index (χ3v) is 3.89. The number of carbonyl (C=O) groups excluding carboxylic acids is 3. The minimum Gasteiger partial charge on any atom is -0.444 e. The van der Waals surface area contributed by atoms with Gasteiger partial charge in [-0.25, -0.2) is 4.79 Å². The molecule has 0 fully saturated rings. The molecule has 1 aromatic rings. The van der Waals surface area contributed by atoms with Gasteiger partial charge in [0, 0.05) is 25.1 Å². The van der Waals surface area contributed by atoms with Crippen LogP contribution < -0.4 is 5.32 Å². The molecule has 0 aliphatic heterocycles. The lowest BCUT2D eigenvalue weighted by atomic mass is 10.0. The Labute approximate surface area is 162 Å². The Bertz CT molecular complexity index is 677. The molecule has 0 heterocycles. The van der Waals surface area contributed by atoms with Gasteiger partial charge in [0.2, 0.25) is 5.91 Å². The van der Waals surface area contributed by atoms with Crippen molar-refractivity contribution in [3.8, 4) is 0 Å². The third kappa shape index (κ3) is 8.24. The van der Waals surface area contributed by atoms with E-state index in [9.17, 15) is 14.4 Å². The van der Waals surface area contributed by atoms with Gasteiger partial charge >= 0.3 is 6.09 Å². The van der Waals surface area contributed by atoms with Gasteiger partial charge in [-0.2, -0.15) is 0 Å². The number of rotatable bonds is 8. The first-order valence-corrected chi connectivity index (χ1v) is 9.38. The molecule has 0 spiro atoms. The molecule has 0 atom stereocenters. The van der Waals surface area contributed by atoms with Crippen molar-refractivity contribution >= 4 is 17.8 Å². The van der Waals surface area contributed by atoms with Gasteiger partial charge in [0.1, 0.15) is 5.60 Å². The molecule has 27 heavy (non-hydrogen) atoms. The molecule has 0 bridgehead atoms. The van der Waals surface area contributed by atoms with Gasteiger partial charge in [0.05, 0.1) is 6.54 Å². The molecule has 2 amide bonds. The van der Waals surface area contributed by atoms with Gasteiger partial charge < -0.3 is 15.0 Å². The summed E-state index contributed by atoms with van der Waals surface area (Å²) in [5.74, 6) is -0.194. The molecule has 0 aliphatic rings. The number of Topliss-reactive ketones (excluding diaryl/α,β-unsaturated/α-hetero) is 1. The summed E-state index contributed by atoms with van der Waals surface area (Å²) in [4.78, 5) is 38.4. The summed E-state index contributed by atoms with van der Waals surface area (Å²) < 4.78 is 5.19. The summed E-state index contributed by atoms with van der Waals surface area (Å²) in [5.41, 5.74) is 1.94. The third-order valence-electron chi connectivity index (χ3n) is 3.89. The second kappa shape index (κ2) is 10.1. The van der Waals surface area contributed by atoms with Gasteiger partial charge in [-0.15, -0.1) is 0 Å². The van der Waals surface area contributed by atoms with Gasteiger partial charge in [-0.1, -0.05) is 24.6 Å². The molecule has 1 aromatic carbocycles. The summed E-state index contributed by atoms with van der Waals surface area (Å²) >= 11 is 0. The van der Waals surface area contributed by atoms with E-state index in [0.717, 1.165) is 11.1 Å². The average Bonchev–Trinajstić information content (AvgIpc) is 2.54. The zero-order valence-electron chi connectivity index (χ0n) is 17.3. The second-order valence-electron chi connectivity index (χ2n) is 7.74. The molecule has 0 saturated carbocycles. The Morgan fingerprint density at radius 1 is 1.15 bits per heavy atom. The van der Waals surface area contributed by atoms with Gasteiger partial charge in [-0.05, 0) is 52.7 Å². The smallest absolute Gasteiger partial charge is 0.407 e. The monoisotopic (exact) mass is 376 g/mol. The first-order chi connectivity index (χ1) is 12.5. The lowest BCUT2D eigenvalue weighted by Gasteiger charge is -2.24. The molecule has 0 saturated heterocycles. The number of hydrogen-bond donors (Lipinski definition) is 1. The van der Waals surface area contributed by atoms with E-state index in [-0.39, 0.29) is 31.3 Å². The van der Waals surface area contributed by atoms with Crippen molar-refractivity contribution < 1.29 is 19.1 Å². The molecule has 0 unspecified atom stereocenters. The van der Waals surface area contributed by atoms with Crippen molar-refractivity contribution in [2.75, 3.05) is 19.6 Å². The summed E-state index contributed by atoms with van der Waals surface area (Å²) in [5, 5.41) is 2.63. The molecule has 150 valence electrons. The normalized spacial score (nSPS) is 11.0. The van der Waals surface area contributed by atoms with E-state index in [2.05, 4.69) is 5.32 Å². The van der Waals surface area contributed by atoms with Crippen LogP contribution in [0.25, 0.3) is 0 Å². The highest BCUT2D eigenvalue weighted by molar-refractivity contribution is 6.00. The number of alkyl carbamates (subject to hydrolysis) is 1. The molecule has 6 heteroatoms. The Hall–Kier alpha value is -2.37. The Balaban J connectivity index is 2.74. The number of ether oxygens (including phenoxy) is 1. The number of aryl methyl sites for hydroxylation is 2. The van der Waals surface area contributed by atoms with Gasteiger partial charge in [0.25, 0.3) is 0 Å². The highest BCUT2D eigenvalue weighted by Gasteiger charge is 2.20. The van der Waals surface area contributed by atoms with E-state index in [1.54, 1.807) is 20.8 Å². The van der Waals surface area contributed by atoms with E-state index in [0.29, 0.717) is 18.4 Å². The minimum absolute atomic E-state index is 0.000868. The van der Waals surface area contributed by atoms with Crippen molar-refractivity contribution in [2.24, 2.45) is 0 Å². The van der Waals surface area contributed by atoms with Crippen LogP contribution in [0.2, 0.25) is 0 Å². The largest absolute Gasteiger partial charge is 0.444 e. The fourth-order valence-corrected chi connectivity index (χ4v) is 2.57. The quantitative estimate of drug-likeness (QED) is 0.703. The lowest BCUT2D eigenvalue weighted by Crippen LogP contribution is -2.42. The fraction of sp³-hybridized carbons (Fsp3) is 0.571. The molecular formula is C21H32N2O4. The number of carbonyl (C=O) groups is 3. The van der Waals surface area contributed by atoms with Crippen LogP contribution in [0.4, 0.5) is 4.79 Å². The first kappa shape index (κ1) is 22.7. The number of ketones is 1. The maximum absolute atomic E-state index is 12.7. The lowest BCUT2D eigenvalue weighted by molar-refractivity contribution is -0.130. The van der Waals surface area contributed by atoms with E-state index in [1.165, 1.54) is 4.90 Å². The molecule has 0 aliphatic carbocycles. The highest BCUT2D eigenvalue weighted by atomic mass is 16.6. The SMILES string of the molecule is CCCC(=O)N(CCNC(=O)OC(C)(C)C)CC(=O)c1cc(C)ccc1C. The molecule has 1 N–H and O–H groups in total. The van der Waals surface area contributed by atoms with E-state index >= 15 is 0 Å². The zero-order valence-corrected chi connectivity index (χ0v) is 17.3. The van der Waals surface area contributed by atoms with Crippen LogP contribution in [0.5, 0.6) is 0 Å². The molecular weight excluding hydrogens is 344 g/mol. The number of nitrogens with zero attached hydrogens (tertiary/aromatic N) is 1. The molecule has 0 aromatic heterocycles. The topological polar surface area (TPSA) is 75.7 Å². The summed E-state index contributed by atoms with van der Waals surface area (Å²) in [6, 6.07) is 5.71. The van der Waals surface area contributed by atoms with Crippen molar-refractivity contribution in [3.05, 3.63) is 34.9 Å². The van der Waals surface area contributed by atoms with Crippen LogP contribution in [0, 0.1) is 13.8 Å². The molecule has 0 radical (unpaired) electrons. The van der Waals surface area contributed by atoms with Gasteiger partial charge in [0.15, 0.2) is 5.78 Å². The zero-order chi connectivity index (χ0) is 20.6. The average molecular weight is 376 g/mol. The number of amides is 2. The van der Waals surface area contributed by atoms with Gasteiger partial charge in [-0.3, -0.25) is 9.59 Å². The standard InChI is InChI=1S/C21H32N2O4/c1-7-8-19(25)23(12-11-22-20(26)27-21(4,5)6)14-18(24)17-13-15(2)9-10-16(17)3/h9-10,13H,7-8,11-12,14H2,1-6H3,(H,22,26). The fourth-order valence-electron chi connectivity index (χ4n) is 2.57. The minimum atomic E-state index is -0.583. The maximum atomic E-state index is 12.7. The van der Waals surface area contributed by atoms with Crippen LogP contribution in [-0.2, 0) is 9.53 Å². The van der Waals surface area contributed by atoms with E-state index in [1.807, 2.05) is 39.0 Å². The van der Waals surface area contributed by atoms with Crippen LogP contribution in [0.1, 0.15) is 62.0 Å². The first-order valence-electron chi connectivity index (χ1n) is 9.38. The summed E-state index contributed by atoms with van der Waals surface area (Å²) in [6.45, 7) is 11.6. The van der Waals surface area contributed by atoms with Crippen LogP contribution in [-0.4, -0.2) is 47.9 Å². The van der Waals surface area contributed by atoms with Crippen molar-refractivity contribution in [1.82, 2.24) is 10.2 Å². The Morgan fingerprint density at radius 3 is 2.41 bits per heavy atom. The van der Waals surface area contributed by atoms with Crippen LogP contribution >= 0.6 is 0 Å².